The third-order valence-corrected chi connectivity index (χ3v) is 5.97. The molecule has 0 radical (unpaired) electrons. The third kappa shape index (κ3) is 3.52. The zero-order chi connectivity index (χ0) is 17.2. The van der Waals surface area contributed by atoms with E-state index in [4.69, 9.17) is 14.4 Å². The Kier molecular flexibility index (Phi) is 4.93. The van der Waals surface area contributed by atoms with E-state index in [9.17, 15) is 0 Å². The minimum atomic E-state index is 0.305. The fraction of sp³-hybridized carbons (Fsp3) is 0.556. The third-order valence-electron chi connectivity index (χ3n) is 5.17. The first kappa shape index (κ1) is 16.8. The molecule has 0 bridgehead atoms. The van der Waals surface area contributed by atoms with Crippen molar-refractivity contribution in [3.05, 3.63) is 22.5 Å². The largest absolute Gasteiger partial charge is 0.444 e. The summed E-state index contributed by atoms with van der Waals surface area (Å²) in [5.41, 5.74) is 0.628. The van der Waals surface area contributed by atoms with Gasteiger partial charge in [-0.25, -0.2) is 4.98 Å². The van der Waals surface area contributed by atoms with Gasteiger partial charge < -0.3 is 14.5 Å². The van der Waals surface area contributed by atoms with Crippen LogP contribution in [-0.4, -0.2) is 41.9 Å². The van der Waals surface area contributed by atoms with Crippen molar-refractivity contribution < 1.29 is 9.15 Å². The van der Waals surface area contributed by atoms with Gasteiger partial charge in [0.2, 0.25) is 5.76 Å². The maximum Gasteiger partial charge on any atom is 0.204 e. The number of nitrogens with one attached hydrogen (secondary N) is 1. The SMILES string of the molecule is N#Cc1cc2c(Br)c(NC3CCC(N4CCCOC4)CC3)ncc2o1. The summed E-state index contributed by atoms with van der Waals surface area (Å²) < 4.78 is 11.9. The second kappa shape index (κ2) is 7.32. The van der Waals surface area contributed by atoms with Gasteiger partial charge in [-0.15, -0.1) is 0 Å². The van der Waals surface area contributed by atoms with E-state index >= 15 is 0 Å². The first-order valence-corrected chi connectivity index (χ1v) is 9.60. The van der Waals surface area contributed by atoms with Gasteiger partial charge in [-0.2, -0.15) is 5.26 Å². The molecule has 2 aliphatic rings. The number of hydrogen-bond donors (Lipinski definition) is 1. The number of anilines is 1. The van der Waals surface area contributed by atoms with Crippen molar-refractivity contribution in [3.8, 4) is 6.07 Å². The topological polar surface area (TPSA) is 74.3 Å². The molecule has 0 aromatic carbocycles. The molecule has 1 aliphatic heterocycles. The van der Waals surface area contributed by atoms with Crippen molar-refractivity contribution in [1.82, 2.24) is 9.88 Å². The number of halogens is 1. The van der Waals surface area contributed by atoms with E-state index in [0.29, 0.717) is 23.4 Å². The van der Waals surface area contributed by atoms with Crippen LogP contribution in [0, 0.1) is 11.3 Å². The molecule has 4 rings (SSSR count). The number of pyridine rings is 1. The van der Waals surface area contributed by atoms with Gasteiger partial charge in [0, 0.05) is 36.7 Å². The Balaban J connectivity index is 1.40. The van der Waals surface area contributed by atoms with Crippen LogP contribution in [0.4, 0.5) is 5.82 Å². The Morgan fingerprint density at radius 1 is 1.32 bits per heavy atom. The summed E-state index contributed by atoms with van der Waals surface area (Å²) in [5.74, 6) is 1.13. The van der Waals surface area contributed by atoms with E-state index < -0.39 is 0 Å². The molecule has 7 heteroatoms. The molecule has 2 aromatic rings. The number of rotatable bonds is 3. The highest BCUT2D eigenvalue weighted by Crippen LogP contribution is 2.33. The van der Waals surface area contributed by atoms with Crippen LogP contribution in [0.1, 0.15) is 37.9 Å². The summed E-state index contributed by atoms with van der Waals surface area (Å²) in [6.45, 7) is 2.85. The van der Waals surface area contributed by atoms with Gasteiger partial charge in [-0.05, 0) is 48.0 Å². The molecule has 1 saturated carbocycles. The van der Waals surface area contributed by atoms with Crippen molar-refractivity contribution in [1.29, 1.82) is 5.26 Å². The molecule has 0 amide bonds. The van der Waals surface area contributed by atoms with Gasteiger partial charge in [0.15, 0.2) is 5.58 Å². The maximum absolute atomic E-state index is 8.98. The molecule has 0 unspecified atom stereocenters. The molecule has 2 aromatic heterocycles. The van der Waals surface area contributed by atoms with Crippen LogP contribution in [0.25, 0.3) is 11.0 Å². The smallest absolute Gasteiger partial charge is 0.204 e. The summed E-state index contributed by atoms with van der Waals surface area (Å²) in [6.07, 6.45) is 7.45. The van der Waals surface area contributed by atoms with Crippen LogP contribution < -0.4 is 5.32 Å². The number of fused-ring (bicyclic) bond motifs is 1. The van der Waals surface area contributed by atoms with Gasteiger partial charge in [0.25, 0.3) is 0 Å². The molecule has 6 nitrogen and oxygen atoms in total. The first-order valence-electron chi connectivity index (χ1n) is 8.81. The van der Waals surface area contributed by atoms with Crippen molar-refractivity contribution in [2.24, 2.45) is 0 Å². The van der Waals surface area contributed by atoms with Crippen molar-refractivity contribution in [2.45, 2.75) is 44.2 Å². The molecule has 132 valence electrons. The lowest BCUT2D eigenvalue weighted by molar-refractivity contribution is -0.0432. The zero-order valence-electron chi connectivity index (χ0n) is 14.0. The van der Waals surface area contributed by atoms with Crippen LogP contribution in [0.15, 0.2) is 21.2 Å². The second-order valence-corrected chi connectivity index (χ2v) is 7.57. The van der Waals surface area contributed by atoms with Crippen molar-refractivity contribution >= 4 is 32.7 Å². The van der Waals surface area contributed by atoms with E-state index in [2.05, 4.69) is 31.1 Å². The van der Waals surface area contributed by atoms with Crippen molar-refractivity contribution in [3.63, 3.8) is 0 Å². The van der Waals surface area contributed by atoms with Gasteiger partial charge in [0.05, 0.1) is 17.4 Å². The molecule has 1 N–H and O–H groups in total. The summed E-state index contributed by atoms with van der Waals surface area (Å²) in [6, 6.07) is 4.84. The van der Waals surface area contributed by atoms with Gasteiger partial charge >= 0.3 is 0 Å². The quantitative estimate of drug-likeness (QED) is 0.836. The van der Waals surface area contributed by atoms with Gasteiger partial charge in [0.1, 0.15) is 11.9 Å². The lowest BCUT2D eigenvalue weighted by Crippen LogP contribution is -2.44. The fourth-order valence-corrected chi connectivity index (χ4v) is 4.35. The van der Waals surface area contributed by atoms with E-state index in [1.807, 2.05) is 6.07 Å². The van der Waals surface area contributed by atoms with Crippen LogP contribution >= 0.6 is 15.9 Å². The monoisotopic (exact) mass is 404 g/mol. The molecular formula is C18H21BrN4O2. The van der Waals surface area contributed by atoms with E-state index in [1.54, 1.807) is 12.3 Å². The Bertz CT molecular complexity index is 786. The number of furan rings is 1. The average molecular weight is 405 g/mol. The Morgan fingerprint density at radius 2 is 2.16 bits per heavy atom. The normalized spacial score (nSPS) is 25.0. The molecule has 1 saturated heterocycles. The standard InChI is InChI=1S/C18H21BrN4O2/c19-17-15-8-14(9-20)25-16(15)10-21-18(17)22-12-2-4-13(5-3-12)23-6-1-7-24-11-23/h8,10,12-13H,1-7,11H2,(H,21,22). The van der Waals surface area contributed by atoms with Gasteiger partial charge in [-0.3, -0.25) is 4.90 Å². The predicted octanol–water partition coefficient (Wildman–Crippen LogP) is 3.86. The Hall–Kier alpha value is -1.62. The number of nitriles is 1. The lowest BCUT2D eigenvalue weighted by Gasteiger charge is -2.38. The van der Waals surface area contributed by atoms with E-state index in [1.165, 1.54) is 12.8 Å². The molecule has 0 atom stereocenters. The highest BCUT2D eigenvalue weighted by molar-refractivity contribution is 9.10. The molecule has 3 heterocycles. The summed E-state index contributed by atoms with van der Waals surface area (Å²) in [5, 5.41) is 13.4. The van der Waals surface area contributed by atoms with E-state index in [-0.39, 0.29) is 0 Å². The Labute approximate surface area is 155 Å². The number of hydrogen-bond acceptors (Lipinski definition) is 6. The molecular weight excluding hydrogens is 384 g/mol. The Morgan fingerprint density at radius 3 is 2.88 bits per heavy atom. The minimum absolute atomic E-state index is 0.305. The maximum atomic E-state index is 8.98. The first-order chi connectivity index (χ1) is 12.2. The highest BCUT2D eigenvalue weighted by atomic mass is 79.9. The van der Waals surface area contributed by atoms with Crippen LogP contribution in [0.2, 0.25) is 0 Å². The zero-order valence-corrected chi connectivity index (χ0v) is 15.6. The molecule has 25 heavy (non-hydrogen) atoms. The fourth-order valence-electron chi connectivity index (χ4n) is 3.82. The second-order valence-electron chi connectivity index (χ2n) is 6.77. The molecule has 0 spiro atoms. The van der Waals surface area contributed by atoms with Crippen LogP contribution in [0.5, 0.6) is 0 Å². The summed E-state index contributed by atoms with van der Waals surface area (Å²) in [4.78, 5) is 6.95. The van der Waals surface area contributed by atoms with Crippen LogP contribution in [0.3, 0.4) is 0 Å². The summed E-state index contributed by atoms with van der Waals surface area (Å²) >= 11 is 3.61. The molecule has 2 fully saturated rings. The van der Waals surface area contributed by atoms with E-state index in [0.717, 1.165) is 54.8 Å². The highest BCUT2D eigenvalue weighted by Gasteiger charge is 2.27. The van der Waals surface area contributed by atoms with Crippen LogP contribution in [-0.2, 0) is 4.74 Å². The average Bonchev–Trinajstić information content (AvgIpc) is 3.10. The minimum Gasteiger partial charge on any atom is -0.444 e. The number of ether oxygens (including phenoxy) is 1. The van der Waals surface area contributed by atoms with Crippen molar-refractivity contribution in [2.75, 3.05) is 25.2 Å². The number of nitrogens with zero attached hydrogens (tertiary/aromatic N) is 3. The summed E-state index contributed by atoms with van der Waals surface area (Å²) in [7, 11) is 0. The predicted molar refractivity (Wildman–Crippen MR) is 98.2 cm³/mol. The number of aromatic nitrogens is 1. The lowest BCUT2D eigenvalue weighted by atomic mass is 9.90. The van der Waals surface area contributed by atoms with Gasteiger partial charge in [-0.1, -0.05) is 0 Å². The molecule has 1 aliphatic carbocycles.